The van der Waals surface area contributed by atoms with E-state index in [-0.39, 0.29) is 6.61 Å². The monoisotopic (exact) mass is 136 g/mol. The van der Waals surface area contributed by atoms with Crippen LogP contribution in [0.2, 0.25) is 0 Å². The quantitative estimate of drug-likeness (QED) is 0.371. The summed E-state index contributed by atoms with van der Waals surface area (Å²) in [5.74, 6) is 0.330. The SMILES string of the molecule is C=C.OCC(O)CS. The van der Waals surface area contributed by atoms with Crippen LogP contribution in [0.15, 0.2) is 13.2 Å². The van der Waals surface area contributed by atoms with E-state index < -0.39 is 6.10 Å². The molecule has 0 aliphatic carbocycles. The van der Waals surface area contributed by atoms with Crippen molar-refractivity contribution in [2.75, 3.05) is 12.4 Å². The summed E-state index contributed by atoms with van der Waals surface area (Å²) in [5, 5.41) is 16.4. The highest BCUT2D eigenvalue weighted by molar-refractivity contribution is 7.80. The van der Waals surface area contributed by atoms with Crippen LogP contribution >= 0.6 is 12.6 Å². The fourth-order valence-corrected chi connectivity index (χ4v) is 0.173. The van der Waals surface area contributed by atoms with Crippen LogP contribution in [-0.4, -0.2) is 28.7 Å². The van der Waals surface area contributed by atoms with Crippen LogP contribution in [0.4, 0.5) is 0 Å². The molecule has 0 fully saturated rings. The molecule has 0 aliphatic heterocycles. The van der Waals surface area contributed by atoms with Crippen LogP contribution in [0, 0.1) is 0 Å². The second-order valence-electron chi connectivity index (χ2n) is 1.02. The molecule has 0 aromatic rings. The molecule has 0 bridgehead atoms. The molecule has 0 rings (SSSR count). The van der Waals surface area contributed by atoms with Crippen LogP contribution in [-0.2, 0) is 0 Å². The van der Waals surface area contributed by atoms with Crippen LogP contribution in [0.3, 0.4) is 0 Å². The number of aliphatic hydroxyl groups is 2. The highest BCUT2D eigenvalue weighted by Crippen LogP contribution is 1.81. The first-order valence-corrected chi connectivity index (χ1v) is 2.84. The lowest BCUT2D eigenvalue weighted by atomic mass is 10.4. The van der Waals surface area contributed by atoms with Gasteiger partial charge < -0.3 is 10.2 Å². The van der Waals surface area contributed by atoms with E-state index in [0.29, 0.717) is 5.75 Å². The molecule has 2 N–H and O–H groups in total. The zero-order valence-electron chi connectivity index (χ0n) is 4.75. The molecule has 0 aliphatic rings. The van der Waals surface area contributed by atoms with E-state index in [1.165, 1.54) is 0 Å². The lowest BCUT2D eigenvalue weighted by Gasteiger charge is -1.96. The van der Waals surface area contributed by atoms with Gasteiger partial charge in [-0.3, -0.25) is 0 Å². The standard InChI is InChI=1S/C3H8O2S.C2H4/c4-1-3(5)2-6;1-2/h3-6H,1-2H2;1-2H2. The molecule has 50 valence electrons. The first kappa shape index (κ1) is 10.9. The molecule has 0 amide bonds. The van der Waals surface area contributed by atoms with Gasteiger partial charge in [0.25, 0.3) is 0 Å². The molecule has 0 radical (unpaired) electrons. The zero-order chi connectivity index (χ0) is 6.99. The van der Waals surface area contributed by atoms with Gasteiger partial charge in [0, 0.05) is 5.75 Å². The maximum atomic E-state index is 8.34. The van der Waals surface area contributed by atoms with E-state index >= 15 is 0 Å². The average molecular weight is 136 g/mol. The van der Waals surface area contributed by atoms with Crippen molar-refractivity contribution in [1.29, 1.82) is 0 Å². The fourth-order valence-electron chi connectivity index (χ4n) is 0.0577. The zero-order valence-corrected chi connectivity index (χ0v) is 5.64. The molecule has 0 heterocycles. The Hall–Kier alpha value is 0.0100. The molecule has 8 heavy (non-hydrogen) atoms. The van der Waals surface area contributed by atoms with Gasteiger partial charge in [0.05, 0.1) is 12.7 Å². The summed E-state index contributed by atoms with van der Waals surface area (Å²) in [6, 6.07) is 0. The molecule has 1 atom stereocenters. The molecule has 0 spiro atoms. The molecular weight excluding hydrogens is 124 g/mol. The lowest BCUT2D eigenvalue weighted by molar-refractivity contribution is 0.114. The average Bonchev–Trinajstić information content (AvgIpc) is 1.91. The molecule has 0 aromatic carbocycles. The predicted molar refractivity (Wildman–Crippen MR) is 38.2 cm³/mol. The minimum absolute atomic E-state index is 0.191. The third kappa shape index (κ3) is 9.38. The van der Waals surface area contributed by atoms with Crippen molar-refractivity contribution in [2.24, 2.45) is 0 Å². The van der Waals surface area contributed by atoms with E-state index in [0.717, 1.165) is 0 Å². The second kappa shape index (κ2) is 10.1. The number of hydrogen-bond acceptors (Lipinski definition) is 3. The first-order valence-electron chi connectivity index (χ1n) is 2.21. The second-order valence-corrected chi connectivity index (χ2v) is 1.38. The maximum Gasteiger partial charge on any atom is 0.0858 e. The summed E-state index contributed by atoms with van der Waals surface area (Å²) in [6.45, 7) is 5.81. The van der Waals surface area contributed by atoms with E-state index in [9.17, 15) is 0 Å². The van der Waals surface area contributed by atoms with Gasteiger partial charge in [0.1, 0.15) is 0 Å². The normalized spacial score (nSPS) is 11.4. The van der Waals surface area contributed by atoms with Gasteiger partial charge in [0.15, 0.2) is 0 Å². The fraction of sp³-hybridized carbons (Fsp3) is 0.600. The first-order chi connectivity index (χ1) is 3.81. The van der Waals surface area contributed by atoms with Crippen molar-refractivity contribution < 1.29 is 10.2 Å². The lowest BCUT2D eigenvalue weighted by Crippen LogP contribution is -2.12. The largest absolute Gasteiger partial charge is 0.394 e. The van der Waals surface area contributed by atoms with Crippen molar-refractivity contribution in [3.8, 4) is 0 Å². The molecule has 3 heteroatoms. The Morgan fingerprint density at radius 3 is 1.88 bits per heavy atom. The summed E-state index contributed by atoms with van der Waals surface area (Å²) in [6.07, 6.45) is -0.645. The van der Waals surface area contributed by atoms with Crippen LogP contribution < -0.4 is 0 Å². The van der Waals surface area contributed by atoms with Crippen LogP contribution in [0.5, 0.6) is 0 Å². The topological polar surface area (TPSA) is 40.5 Å². The minimum atomic E-state index is -0.645. The summed E-state index contributed by atoms with van der Waals surface area (Å²) in [5.41, 5.74) is 0. The molecule has 0 saturated heterocycles. The highest BCUT2D eigenvalue weighted by Gasteiger charge is 1.92. The maximum absolute atomic E-state index is 8.34. The van der Waals surface area contributed by atoms with E-state index in [2.05, 4.69) is 25.8 Å². The molecule has 0 aromatic heterocycles. The Kier molecular flexibility index (Phi) is 13.7. The van der Waals surface area contributed by atoms with Gasteiger partial charge in [-0.2, -0.15) is 12.6 Å². The van der Waals surface area contributed by atoms with Crippen molar-refractivity contribution in [2.45, 2.75) is 6.10 Å². The van der Waals surface area contributed by atoms with Crippen LogP contribution in [0.25, 0.3) is 0 Å². The van der Waals surface area contributed by atoms with Crippen molar-refractivity contribution in [1.82, 2.24) is 0 Å². The van der Waals surface area contributed by atoms with Gasteiger partial charge in [0.2, 0.25) is 0 Å². The Bertz CT molecular complexity index is 37.4. The number of aliphatic hydroxyl groups excluding tert-OH is 2. The number of hydrogen-bond donors (Lipinski definition) is 3. The van der Waals surface area contributed by atoms with E-state index in [4.69, 9.17) is 10.2 Å². The van der Waals surface area contributed by atoms with Crippen LogP contribution in [0.1, 0.15) is 0 Å². The van der Waals surface area contributed by atoms with Crippen molar-refractivity contribution in [3.63, 3.8) is 0 Å². The Labute approximate surface area is 55.3 Å². The molecule has 0 saturated carbocycles. The predicted octanol–water partition coefficient (Wildman–Crippen LogP) is 0.0716. The third-order valence-electron chi connectivity index (χ3n) is 0.421. The number of rotatable bonds is 2. The molecule has 1 unspecified atom stereocenters. The third-order valence-corrected chi connectivity index (χ3v) is 0.843. The van der Waals surface area contributed by atoms with Gasteiger partial charge in [-0.05, 0) is 0 Å². The summed E-state index contributed by atoms with van der Waals surface area (Å²) < 4.78 is 0. The van der Waals surface area contributed by atoms with Gasteiger partial charge in [-0.25, -0.2) is 0 Å². The highest BCUT2D eigenvalue weighted by atomic mass is 32.1. The minimum Gasteiger partial charge on any atom is -0.394 e. The van der Waals surface area contributed by atoms with Gasteiger partial charge in [-0.15, -0.1) is 13.2 Å². The smallest absolute Gasteiger partial charge is 0.0858 e. The van der Waals surface area contributed by atoms with Gasteiger partial charge in [-0.1, -0.05) is 0 Å². The molecule has 2 nitrogen and oxygen atoms in total. The Morgan fingerprint density at radius 1 is 1.50 bits per heavy atom. The Balaban J connectivity index is 0. The van der Waals surface area contributed by atoms with E-state index in [1.807, 2.05) is 0 Å². The van der Waals surface area contributed by atoms with E-state index in [1.54, 1.807) is 0 Å². The molecular formula is C5H12O2S. The van der Waals surface area contributed by atoms with Crippen molar-refractivity contribution >= 4 is 12.6 Å². The Morgan fingerprint density at radius 2 is 1.88 bits per heavy atom. The summed E-state index contributed by atoms with van der Waals surface area (Å²) in [4.78, 5) is 0. The summed E-state index contributed by atoms with van der Waals surface area (Å²) in [7, 11) is 0. The number of thiol groups is 1. The van der Waals surface area contributed by atoms with Gasteiger partial charge >= 0.3 is 0 Å². The van der Waals surface area contributed by atoms with Crippen molar-refractivity contribution in [3.05, 3.63) is 13.2 Å². The summed E-state index contributed by atoms with van der Waals surface area (Å²) >= 11 is 3.69.